The molecule has 1 aromatic heterocycles. The fraction of sp³-hybridized carbons (Fsp3) is 0.286. The minimum atomic E-state index is -4.86. The van der Waals surface area contributed by atoms with Crippen molar-refractivity contribution in [2.75, 3.05) is 0 Å². The second-order valence-electron chi connectivity index (χ2n) is 2.93. The molecule has 1 heterocycles. The average Bonchev–Trinajstić information content (AvgIpc) is 2.64. The largest absolute Gasteiger partial charge is 0.480 e. The summed E-state index contributed by atoms with van der Waals surface area (Å²) < 4.78 is 30.8. The zero-order chi connectivity index (χ0) is 13.1. The van der Waals surface area contributed by atoms with E-state index in [1.807, 2.05) is 0 Å². The molecule has 0 amide bonds. The fourth-order valence-corrected chi connectivity index (χ4v) is 1.53. The number of rotatable bonds is 5. The van der Waals surface area contributed by atoms with Gasteiger partial charge in [-0.25, -0.2) is 9.78 Å². The van der Waals surface area contributed by atoms with E-state index in [2.05, 4.69) is 9.82 Å². The van der Waals surface area contributed by atoms with Gasteiger partial charge < -0.3 is 9.94 Å². The van der Waals surface area contributed by atoms with Crippen LogP contribution >= 0.6 is 0 Å². The highest BCUT2D eigenvalue weighted by Crippen LogP contribution is 2.05. The molecule has 17 heavy (non-hydrogen) atoms. The highest BCUT2D eigenvalue weighted by atomic mass is 32.2. The molecule has 94 valence electrons. The van der Waals surface area contributed by atoms with E-state index in [-0.39, 0.29) is 0 Å². The maximum atomic E-state index is 11.2. The molecule has 0 saturated heterocycles. The van der Waals surface area contributed by atoms with E-state index < -0.39 is 33.7 Å². The summed E-state index contributed by atoms with van der Waals surface area (Å²) in [7, 11) is -4.86. The summed E-state index contributed by atoms with van der Waals surface area (Å²) in [6.45, 7) is 0. The maximum Gasteiger partial charge on any atom is 0.334 e. The molecule has 1 rings (SSSR count). The van der Waals surface area contributed by atoms with Gasteiger partial charge in [-0.3, -0.25) is 9.35 Å². The van der Waals surface area contributed by atoms with Crippen molar-refractivity contribution in [3.63, 3.8) is 0 Å². The van der Waals surface area contributed by atoms with Crippen molar-refractivity contribution < 1.29 is 32.5 Å². The summed E-state index contributed by atoms with van der Waals surface area (Å²) in [6.07, 6.45) is 2.65. The fourth-order valence-electron chi connectivity index (χ4n) is 0.927. The first-order valence-corrected chi connectivity index (χ1v) is 5.69. The highest BCUT2D eigenvalue weighted by Gasteiger charge is 2.34. The Labute approximate surface area is 95.3 Å². The van der Waals surface area contributed by atoms with Gasteiger partial charge in [-0.1, -0.05) is 0 Å². The number of hydrogen-bond donors (Lipinski definition) is 2. The molecule has 0 aliphatic heterocycles. The number of imidazole rings is 1. The van der Waals surface area contributed by atoms with Gasteiger partial charge in [-0.2, -0.15) is 13.1 Å². The molecule has 0 saturated carbocycles. The average molecular weight is 264 g/mol. The molecule has 0 bridgehead atoms. The standard InChI is InChI=1S/C7H8N2O7S/c10-6(16-9-2-1-8-4-9)3-5(7(11)12)17(13,14)15/h1-2,4-5H,3H2,(H,11,12)(H,13,14,15). The number of nitrogens with zero attached hydrogens (tertiary/aromatic N) is 2. The number of carboxylic acids is 1. The zero-order valence-corrected chi connectivity index (χ0v) is 9.07. The van der Waals surface area contributed by atoms with E-state index in [9.17, 15) is 18.0 Å². The normalized spacial score (nSPS) is 13.0. The number of aliphatic carboxylic acids is 1. The van der Waals surface area contributed by atoms with E-state index in [4.69, 9.17) is 9.66 Å². The van der Waals surface area contributed by atoms with E-state index >= 15 is 0 Å². The van der Waals surface area contributed by atoms with Crippen LogP contribution in [0.25, 0.3) is 0 Å². The van der Waals surface area contributed by atoms with Crippen LogP contribution < -0.4 is 4.84 Å². The molecule has 1 atom stereocenters. The third-order valence-electron chi connectivity index (χ3n) is 1.67. The SMILES string of the molecule is O=C(CC(C(=O)O)S(=O)(=O)O)On1ccnc1. The van der Waals surface area contributed by atoms with Crippen molar-refractivity contribution in [1.29, 1.82) is 0 Å². The topological polar surface area (TPSA) is 136 Å². The van der Waals surface area contributed by atoms with Crippen molar-refractivity contribution in [3.8, 4) is 0 Å². The van der Waals surface area contributed by atoms with E-state index in [0.29, 0.717) is 0 Å². The first-order valence-electron chi connectivity index (χ1n) is 4.19. The summed E-state index contributed by atoms with van der Waals surface area (Å²) in [5.41, 5.74) is 0. The van der Waals surface area contributed by atoms with Crippen LogP contribution in [0.5, 0.6) is 0 Å². The van der Waals surface area contributed by atoms with Crippen LogP contribution in [0, 0.1) is 0 Å². The van der Waals surface area contributed by atoms with Gasteiger partial charge in [0.05, 0.1) is 12.6 Å². The van der Waals surface area contributed by atoms with Gasteiger partial charge in [-0.15, -0.1) is 0 Å². The molecule has 0 aliphatic rings. The molecule has 0 aliphatic carbocycles. The van der Waals surface area contributed by atoms with E-state index in [1.165, 1.54) is 12.4 Å². The third-order valence-corrected chi connectivity index (χ3v) is 2.76. The van der Waals surface area contributed by atoms with Crippen molar-refractivity contribution >= 4 is 22.1 Å². The Kier molecular flexibility index (Phi) is 3.81. The molecule has 9 nitrogen and oxygen atoms in total. The molecule has 0 fully saturated rings. The summed E-state index contributed by atoms with van der Waals surface area (Å²) in [4.78, 5) is 29.7. The molecule has 1 aromatic rings. The van der Waals surface area contributed by atoms with Crippen LogP contribution in [0.3, 0.4) is 0 Å². The highest BCUT2D eigenvalue weighted by molar-refractivity contribution is 7.87. The van der Waals surface area contributed by atoms with Crippen LogP contribution in [0.2, 0.25) is 0 Å². The molecule has 0 spiro atoms. The number of aromatic nitrogens is 2. The Balaban J connectivity index is 2.69. The van der Waals surface area contributed by atoms with Gasteiger partial charge in [0.1, 0.15) is 6.33 Å². The molecular formula is C7H8N2O7S. The Hall–Kier alpha value is -1.94. The van der Waals surface area contributed by atoms with Crippen LogP contribution in [0.15, 0.2) is 18.7 Å². The molecule has 1 unspecified atom stereocenters. The van der Waals surface area contributed by atoms with Crippen LogP contribution in [-0.2, 0) is 19.7 Å². The zero-order valence-electron chi connectivity index (χ0n) is 8.25. The second kappa shape index (κ2) is 4.93. The lowest BCUT2D eigenvalue weighted by molar-refractivity contribution is -0.147. The van der Waals surface area contributed by atoms with E-state index in [1.54, 1.807) is 0 Å². The second-order valence-corrected chi connectivity index (χ2v) is 4.53. The lowest BCUT2D eigenvalue weighted by atomic mass is 10.3. The van der Waals surface area contributed by atoms with Crippen LogP contribution in [-0.4, -0.2) is 45.0 Å². The minimum Gasteiger partial charge on any atom is -0.480 e. The van der Waals surface area contributed by atoms with Gasteiger partial charge in [0.2, 0.25) is 0 Å². The van der Waals surface area contributed by atoms with E-state index in [0.717, 1.165) is 11.1 Å². The van der Waals surface area contributed by atoms with Gasteiger partial charge >= 0.3 is 11.9 Å². The smallest absolute Gasteiger partial charge is 0.334 e. The number of carbonyl (C=O) groups is 2. The number of carbonyl (C=O) groups excluding carboxylic acids is 1. The van der Waals surface area contributed by atoms with Crippen molar-refractivity contribution in [3.05, 3.63) is 18.7 Å². The number of hydrogen-bond acceptors (Lipinski definition) is 6. The van der Waals surface area contributed by atoms with Crippen molar-refractivity contribution in [1.82, 2.24) is 9.71 Å². The molecule has 0 radical (unpaired) electrons. The van der Waals surface area contributed by atoms with Gasteiger partial charge in [-0.05, 0) is 0 Å². The lowest BCUT2D eigenvalue weighted by Gasteiger charge is -2.08. The molecule has 0 aromatic carbocycles. The van der Waals surface area contributed by atoms with Crippen LogP contribution in [0.4, 0.5) is 0 Å². The summed E-state index contributed by atoms with van der Waals surface area (Å²) in [6, 6.07) is 0. The van der Waals surface area contributed by atoms with Crippen LogP contribution in [0.1, 0.15) is 6.42 Å². The Morgan fingerprint density at radius 1 is 1.47 bits per heavy atom. The summed E-state index contributed by atoms with van der Waals surface area (Å²) in [5, 5.41) is 6.27. The van der Waals surface area contributed by atoms with Gasteiger partial charge in [0.25, 0.3) is 10.1 Å². The molecule has 10 heteroatoms. The predicted molar refractivity (Wildman–Crippen MR) is 51.4 cm³/mol. The first kappa shape index (κ1) is 13.1. The van der Waals surface area contributed by atoms with Gasteiger partial charge in [0, 0.05) is 6.20 Å². The molecular weight excluding hydrogens is 256 g/mol. The maximum absolute atomic E-state index is 11.2. The van der Waals surface area contributed by atoms with Crippen molar-refractivity contribution in [2.24, 2.45) is 0 Å². The quantitative estimate of drug-likeness (QED) is 0.617. The number of carboxylic acid groups (broad SMARTS) is 1. The predicted octanol–water partition coefficient (Wildman–Crippen LogP) is -1.43. The van der Waals surface area contributed by atoms with Gasteiger partial charge in [0.15, 0.2) is 5.25 Å². The summed E-state index contributed by atoms with van der Waals surface area (Å²) in [5.74, 6) is -2.97. The Morgan fingerprint density at radius 2 is 2.12 bits per heavy atom. The summed E-state index contributed by atoms with van der Waals surface area (Å²) >= 11 is 0. The minimum absolute atomic E-state index is 0.866. The first-order chi connectivity index (χ1) is 7.80. The Morgan fingerprint density at radius 3 is 2.53 bits per heavy atom. The molecule has 2 N–H and O–H groups in total. The van der Waals surface area contributed by atoms with Crippen molar-refractivity contribution in [2.45, 2.75) is 11.7 Å². The Bertz CT molecular complexity index is 506. The lowest BCUT2D eigenvalue weighted by Crippen LogP contribution is -2.34. The third kappa shape index (κ3) is 3.85. The monoisotopic (exact) mass is 264 g/mol.